The van der Waals surface area contributed by atoms with Gasteiger partial charge in [0.25, 0.3) is 5.91 Å². The lowest BCUT2D eigenvalue weighted by atomic mass is 9.99. The van der Waals surface area contributed by atoms with Crippen LogP contribution in [0.3, 0.4) is 0 Å². The van der Waals surface area contributed by atoms with E-state index in [1.165, 1.54) is 22.7 Å². The molecule has 0 bridgehead atoms. The van der Waals surface area contributed by atoms with Crippen molar-refractivity contribution in [1.82, 2.24) is 9.21 Å². The van der Waals surface area contributed by atoms with Gasteiger partial charge in [-0.2, -0.15) is 4.31 Å². The molecule has 0 aliphatic carbocycles. The van der Waals surface area contributed by atoms with Crippen molar-refractivity contribution in [3.8, 4) is 0 Å². The monoisotopic (exact) mass is 441 g/mol. The van der Waals surface area contributed by atoms with Crippen LogP contribution in [0, 0.1) is 5.92 Å². The number of hydrogen-bond acceptors (Lipinski definition) is 4. The quantitative estimate of drug-likeness (QED) is 0.737. The molecule has 0 atom stereocenters. The van der Waals surface area contributed by atoms with E-state index in [4.69, 9.17) is 0 Å². The highest BCUT2D eigenvalue weighted by Crippen LogP contribution is 2.23. The van der Waals surface area contributed by atoms with Gasteiger partial charge in [-0.25, -0.2) is 8.42 Å². The minimum Gasteiger partial charge on any atom is -0.322 e. The van der Waals surface area contributed by atoms with Gasteiger partial charge in [0.2, 0.25) is 10.0 Å². The number of piperidine rings is 1. The molecular weight excluding hydrogens is 410 g/mol. The topological polar surface area (TPSA) is 69.7 Å². The standard InChI is InChI=1S/C24H31N3O3S/c1-19-12-16-26(17-13-19)18-20-4-6-21(7-5-20)24(28)25-22-8-10-23(11-9-22)31(29,30)27-14-2-3-15-27/h4-11,19H,2-3,12-18H2,1H3,(H,25,28). The summed E-state index contributed by atoms with van der Waals surface area (Å²) in [6.45, 7) is 6.65. The van der Waals surface area contributed by atoms with Gasteiger partial charge >= 0.3 is 0 Å². The Bertz CT molecular complexity index is 989. The number of rotatable bonds is 6. The van der Waals surface area contributed by atoms with Crippen molar-refractivity contribution in [2.75, 3.05) is 31.5 Å². The molecule has 0 saturated carbocycles. The van der Waals surface area contributed by atoms with Crippen LogP contribution in [-0.2, 0) is 16.6 Å². The van der Waals surface area contributed by atoms with Crippen LogP contribution in [0.5, 0.6) is 0 Å². The van der Waals surface area contributed by atoms with E-state index in [9.17, 15) is 13.2 Å². The second kappa shape index (κ2) is 9.51. The fraction of sp³-hybridized carbons (Fsp3) is 0.458. The molecule has 2 aromatic carbocycles. The largest absolute Gasteiger partial charge is 0.322 e. The zero-order valence-corrected chi connectivity index (χ0v) is 18.9. The van der Waals surface area contributed by atoms with Gasteiger partial charge in [-0.1, -0.05) is 19.1 Å². The van der Waals surface area contributed by atoms with Gasteiger partial charge in [0.15, 0.2) is 0 Å². The van der Waals surface area contributed by atoms with Gasteiger partial charge < -0.3 is 5.32 Å². The number of nitrogens with zero attached hydrogens (tertiary/aromatic N) is 2. The van der Waals surface area contributed by atoms with Crippen LogP contribution in [0.2, 0.25) is 0 Å². The van der Waals surface area contributed by atoms with Gasteiger partial charge in [0.05, 0.1) is 4.90 Å². The second-order valence-corrected chi connectivity index (χ2v) is 10.7. The summed E-state index contributed by atoms with van der Waals surface area (Å²) in [7, 11) is -3.44. The number of carbonyl (C=O) groups excluding carboxylic acids is 1. The number of carbonyl (C=O) groups is 1. The van der Waals surface area contributed by atoms with Crippen molar-refractivity contribution in [2.24, 2.45) is 5.92 Å². The van der Waals surface area contributed by atoms with E-state index in [1.807, 2.05) is 24.3 Å². The summed E-state index contributed by atoms with van der Waals surface area (Å²) >= 11 is 0. The summed E-state index contributed by atoms with van der Waals surface area (Å²) in [4.78, 5) is 15.3. The molecule has 2 heterocycles. The van der Waals surface area contributed by atoms with Gasteiger partial charge in [0.1, 0.15) is 0 Å². The Morgan fingerprint density at radius 1 is 0.935 bits per heavy atom. The number of anilines is 1. The van der Waals surface area contributed by atoms with Crippen molar-refractivity contribution in [2.45, 2.75) is 44.0 Å². The molecule has 0 spiro atoms. The Balaban J connectivity index is 1.34. The molecule has 2 saturated heterocycles. The van der Waals surface area contributed by atoms with Crippen molar-refractivity contribution in [1.29, 1.82) is 0 Å². The van der Waals surface area contributed by atoms with Crippen molar-refractivity contribution >= 4 is 21.6 Å². The van der Waals surface area contributed by atoms with E-state index < -0.39 is 10.0 Å². The first-order valence-electron chi connectivity index (χ1n) is 11.1. The molecule has 0 radical (unpaired) electrons. The van der Waals surface area contributed by atoms with E-state index >= 15 is 0 Å². The average Bonchev–Trinajstić information content (AvgIpc) is 3.32. The first-order valence-corrected chi connectivity index (χ1v) is 12.6. The molecule has 0 unspecified atom stereocenters. The van der Waals surface area contributed by atoms with Gasteiger partial charge in [-0.3, -0.25) is 9.69 Å². The molecule has 2 aliphatic heterocycles. The number of hydrogen-bond donors (Lipinski definition) is 1. The normalized spacial score (nSPS) is 18.9. The number of benzene rings is 2. The summed E-state index contributed by atoms with van der Waals surface area (Å²) in [5.41, 5.74) is 2.38. The lowest BCUT2D eigenvalue weighted by Gasteiger charge is -2.30. The summed E-state index contributed by atoms with van der Waals surface area (Å²) in [5, 5.41) is 2.85. The van der Waals surface area contributed by atoms with Crippen molar-refractivity contribution < 1.29 is 13.2 Å². The third-order valence-electron chi connectivity index (χ3n) is 6.31. The maximum Gasteiger partial charge on any atom is 0.255 e. The number of likely N-dealkylation sites (tertiary alicyclic amines) is 1. The molecule has 4 rings (SSSR count). The smallest absolute Gasteiger partial charge is 0.255 e. The van der Waals surface area contributed by atoms with Crippen LogP contribution in [0.15, 0.2) is 53.4 Å². The molecule has 2 aliphatic rings. The number of sulfonamides is 1. The highest BCUT2D eigenvalue weighted by atomic mass is 32.2. The van der Waals surface area contributed by atoms with Gasteiger partial charge in [0, 0.05) is 30.9 Å². The molecule has 6 nitrogen and oxygen atoms in total. The van der Waals surface area contributed by atoms with Crippen LogP contribution in [0.1, 0.15) is 48.5 Å². The summed E-state index contributed by atoms with van der Waals surface area (Å²) in [6, 6.07) is 14.1. The third kappa shape index (κ3) is 5.34. The Kier molecular flexibility index (Phi) is 6.74. The Hall–Kier alpha value is -2.22. The summed E-state index contributed by atoms with van der Waals surface area (Å²) < 4.78 is 26.8. The highest BCUT2D eigenvalue weighted by Gasteiger charge is 2.27. The molecule has 1 N–H and O–H groups in total. The summed E-state index contributed by atoms with van der Waals surface area (Å²) in [5.74, 6) is 0.616. The van der Waals surface area contributed by atoms with Crippen LogP contribution in [0.25, 0.3) is 0 Å². The zero-order valence-electron chi connectivity index (χ0n) is 18.1. The molecular formula is C24H31N3O3S. The first kappa shape index (κ1) is 22.0. The van der Waals surface area contributed by atoms with Crippen LogP contribution < -0.4 is 5.32 Å². The minimum absolute atomic E-state index is 0.200. The number of amides is 1. The molecule has 1 amide bonds. The van der Waals surface area contributed by atoms with Crippen LogP contribution >= 0.6 is 0 Å². The van der Waals surface area contributed by atoms with E-state index in [-0.39, 0.29) is 10.8 Å². The molecule has 0 aromatic heterocycles. The molecule has 166 valence electrons. The minimum atomic E-state index is -3.44. The Labute approximate surface area is 185 Å². The fourth-order valence-electron chi connectivity index (χ4n) is 4.23. The fourth-order valence-corrected chi connectivity index (χ4v) is 5.75. The first-order chi connectivity index (χ1) is 14.9. The molecule has 2 aromatic rings. The lowest BCUT2D eigenvalue weighted by Crippen LogP contribution is -2.32. The van der Waals surface area contributed by atoms with Crippen molar-refractivity contribution in [3.63, 3.8) is 0 Å². The van der Waals surface area contributed by atoms with Crippen LogP contribution in [0.4, 0.5) is 5.69 Å². The number of nitrogens with one attached hydrogen (secondary N) is 1. The SMILES string of the molecule is CC1CCN(Cc2ccc(C(=O)Nc3ccc(S(=O)(=O)N4CCCC4)cc3)cc2)CC1. The van der Waals surface area contributed by atoms with Crippen molar-refractivity contribution in [3.05, 3.63) is 59.7 Å². The maximum atomic E-state index is 12.6. The lowest BCUT2D eigenvalue weighted by molar-refractivity contribution is 0.102. The zero-order chi connectivity index (χ0) is 21.8. The van der Waals surface area contributed by atoms with E-state index in [0.29, 0.717) is 24.3 Å². The predicted octanol–water partition coefficient (Wildman–Crippen LogP) is 3.96. The Morgan fingerprint density at radius 2 is 1.55 bits per heavy atom. The van der Waals surface area contributed by atoms with E-state index in [2.05, 4.69) is 17.1 Å². The van der Waals surface area contributed by atoms with Gasteiger partial charge in [-0.05, 0) is 86.7 Å². The van der Waals surface area contributed by atoms with Crippen LogP contribution in [-0.4, -0.2) is 49.7 Å². The molecule has 7 heteroatoms. The third-order valence-corrected chi connectivity index (χ3v) is 8.23. The summed E-state index contributed by atoms with van der Waals surface area (Å²) in [6.07, 6.45) is 4.31. The molecule has 31 heavy (non-hydrogen) atoms. The second-order valence-electron chi connectivity index (χ2n) is 8.75. The van der Waals surface area contributed by atoms with Gasteiger partial charge in [-0.15, -0.1) is 0 Å². The average molecular weight is 442 g/mol. The highest BCUT2D eigenvalue weighted by molar-refractivity contribution is 7.89. The maximum absolute atomic E-state index is 12.6. The Morgan fingerprint density at radius 3 is 2.16 bits per heavy atom. The van der Waals surface area contributed by atoms with E-state index in [0.717, 1.165) is 38.4 Å². The predicted molar refractivity (Wildman–Crippen MR) is 123 cm³/mol. The molecule has 2 fully saturated rings. The van der Waals surface area contributed by atoms with E-state index in [1.54, 1.807) is 24.3 Å².